The Morgan fingerprint density at radius 2 is 1.57 bits per heavy atom. The number of hydrogen-bond donors (Lipinski definition) is 0. The van der Waals surface area contributed by atoms with E-state index in [-0.39, 0.29) is 11.6 Å². The lowest BCUT2D eigenvalue weighted by Gasteiger charge is -2.61. The molecule has 0 aromatic rings. The van der Waals surface area contributed by atoms with Crippen LogP contribution in [0.15, 0.2) is 0 Å². The second-order valence-electron chi connectivity index (χ2n) is 8.21. The molecule has 0 saturated carbocycles. The number of rotatable bonds is 1. The van der Waals surface area contributed by atoms with Gasteiger partial charge in [-0.25, -0.2) is 0 Å². The van der Waals surface area contributed by atoms with Gasteiger partial charge in [0.25, 0.3) is 0 Å². The molecule has 3 nitrogen and oxygen atoms in total. The van der Waals surface area contributed by atoms with Crippen molar-refractivity contribution in [3.05, 3.63) is 0 Å². The van der Waals surface area contributed by atoms with E-state index in [1.165, 1.54) is 7.11 Å². The normalized spacial score (nSPS) is 28.0. The number of ether oxygens (including phenoxy) is 1. The van der Waals surface area contributed by atoms with Crippen LogP contribution in [0.4, 0.5) is 0 Å². The summed E-state index contributed by atoms with van der Waals surface area (Å²) in [5.74, 6) is -0.157. The quantitative estimate of drug-likeness (QED) is 0.516. The van der Waals surface area contributed by atoms with Gasteiger partial charge in [-0.3, -0.25) is 4.79 Å². The van der Waals surface area contributed by atoms with Gasteiger partial charge in [0.15, 0.2) is 7.83 Å². The SMILES string of the molecule is CC1C(C)(C)O[Si](C)(C)[Si](C)(C)[Si]1(C)C.CCC(=O)OC. The summed E-state index contributed by atoms with van der Waals surface area (Å²) in [6, 6.07) is 0. The maximum atomic E-state index is 9.96. The van der Waals surface area contributed by atoms with Crippen molar-refractivity contribution < 1.29 is 14.0 Å². The van der Waals surface area contributed by atoms with Gasteiger partial charge in [-0.05, 0) is 32.5 Å². The Kier molecular flexibility index (Phi) is 6.71. The van der Waals surface area contributed by atoms with E-state index in [9.17, 15) is 4.79 Å². The summed E-state index contributed by atoms with van der Waals surface area (Å²) >= 11 is 0. The van der Waals surface area contributed by atoms with Crippen LogP contribution >= 0.6 is 0 Å². The van der Waals surface area contributed by atoms with Gasteiger partial charge in [-0.2, -0.15) is 0 Å². The first-order chi connectivity index (χ1) is 9.17. The minimum atomic E-state index is -1.43. The zero-order valence-corrected chi connectivity index (χ0v) is 19.0. The molecule has 0 spiro atoms. The number of methoxy groups -OCH3 is 1. The Balaban J connectivity index is 0.000000567. The Hall–Kier alpha value is 0.0806. The van der Waals surface area contributed by atoms with Crippen LogP contribution in [0.2, 0.25) is 44.8 Å². The lowest BCUT2D eigenvalue weighted by atomic mass is 10.1. The largest absolute Gasteiger partial charge is 0.469 e. The van der Waals surface area contributed by atoms with Crippen molar-refractivity contribution in [3.63, 3.8) is 0 Å². The van der Waals surface area contributed by atoms with Crippen LogP contribution in [-0.4, -0.2) is 41.2 Å². The van der Waals surface area contributed by atoms with E-state index in [2.05, 4.69) is 64.8 Å². The highest BCUT2D eigenvalue weighted by Gasteiger charge is 2.63. The number of carbonyl (C=O) groups excluding carboxylic acids is 1. The number of carbonyl (C=O) groups is 1. The zero-order valence-electron chi connectivity index (χ0n) is 16.0. The van der Waals surface area contributed by atoms with E-state index in [1.807, 2.05) is 0 Å². The van der Waals surface area contributed by atoms with Crippen LogP contribution in [0.5, 0.6) is 0 Å². The third-order valence-electron chi connectivity index (χ3n) is 6.28. The third kappa shape index (κ3) is 4.09. The Morgan fingerprint density at radius 1 is 1.14 bits per heavy atom. The summed E-state index contributed by atoms with van der Waals surface area (Å²) in [7, 11) is -2.31. The van der Waals surface area contributed by atoms with E-state index in [4.69, 9.17) is 4.43 Å². The number of esters is 1. The summed E-state index contributed by atoms with van der Waals surface area (Å²) < 4.78 is 10.8. The first-order valence-corrected chi connectivity index (χ1v) is 18.9. The van der Waals surface area contributed by atoms with Crippen molar-refractivity contribution in [2.45, 2.75) is 84.5 Å². The summed E-state index contributed by atoms with van der Waals surface area (Å²) in [6.07, 6.45) is 0.469. The predicted molar refractivity (Wildman–Crippen MR) is 99.3 cm³/mol. The van der Waals surface area contributed by atoms with E-state index in [1.54, 1.807) is 6.92 Å². The molecule has 1 rings (SSSR count). The second-order valence-corrected chi connectivity index (χ2v) is 35.5. The molecule has 0 bridgehead atoms. The van der Waals surface area contributed by atoms with Crippen molar-refractivity contribution >= 4 is 28.5 Å². The zero-order chi connectivity index (χ0) is 17.3. The first kappa shape index (κ1) is 21.1. The molecule has 6 heteroatoms. The summed E-state index contributed by atoms with van der Waals surface area (Å²) in [5, 5.41) is 0. The Labute approximate surface area is 134 Å². The molecular weight excluding hydrogens is 312 g/mol. The van der Waals surface area contributed by atoms with E-state index in [0.717, 1.165) is 5.54 Å². The van der Waals surface area contributed by atoms with E-state index >= 15 is 0 Å². The first-order valence-electron chi connectivity index (χ1n) is 7.94. The van der Waals surface area contributed by atoms with Crippen molar-refractivity contribution in [1.29, 1.82) is 0 Å². The molecule has 1 atom stereocenters. The van der Waals surface area contributed by atoms with Gasteiger partial charge in [0.05, 0.1) is 19.8 Å². The Bertz CT molecular complexity index is 370. The monoisotopic (exact) mass is 348 g/mol. The second kappa shape index (κ2) is 6.68. The molecule has 0 amide bonds. The van der Waals surface area contributed by atoms with Gasteiger partial charge >= 0.3 is 5.97 Å². The fourth-order valence-corrected chi connectivity index (χ4v) is 36.4. The number of hydrogen-bond acceptors (Lipinski definition) is 3. The van der Waals surface area contributed by atoms with Crippen molar-refractivity contribution in [1.82, 2.24) is 0 Å². The topological polar surface area (TPSA) is 35.5 Å². The molecule has 21 heavy (non-hydrogen) atoms. The highest BCUT2D eigenvalue weighted by atomic mass is 29.6. The minimum absolute atomic E-state index is 0.119. The lowest BCUT2D eigenvalue weighted by Crippen LogP contribution is -2.79. The fraction of sp³-hybridized carbons (Fsp3) is 0.933. The highest BCUT2D eigenvalue weighted by molar-refractivity contribution is 7.68. The summed E-state index contributed by atoms with van der Waals surface area (Å²) in [4.78, 5) is 9.96. The summed E-state index contributed by atoms with van der Waals surface area (Å²) in [5.41, 5.74) is 0.903. The molecule has 0 radical (unpaired) electrons. The maximum Gasteiger partial charge on any atom is 0.305 e. The van der Waals surface area contributed by atoms with Crippen molar-refractivity contribution in [2.75, 3.05) is 7.11 Å². The van der Waals surface area contributed by atoms with E-state index < -0.39 is 22.5 Å². The molecule has 1 saturated heterocycles. The molecule has 0 N–H and O–H groups in total. The standard InChI is InChI=1S/C11H28OSi3.C4H8O2/c1-10-11(2,3)12-14(6,7)15(8,9)13(10,4)5;1-3-4(5)6-2/h10H,1-9H3;3H2,1-2H3. The molecule has 1 aliphatic heterocycles. The van der Waals surface area contributed by atoms with Crippen LogP contribution in [0, 0.1) is 0 Å². The molecule has 1 fully saturated rings. The molecule has 0 aromatic carbocycles. The molecule has 0 aromatic heterocycles. The molecule has 1 unspecified atom stereocenters. The van der Waals surface area contributed by atoms with Gasteiger partial charge in [-0.15, -0.1) is 0 Å². The van der Waals surface area contributed by atoms with Crippen LogP contribution in [0.1, 0.15) is 34.1 Å². The fourth-order valence-electron chi connectivity index (χ4n) is 3.20. The van der Waals surface area contributed by atoms with Crippen LogP contribution < -0.4 is 0 Å². The molecule has 126 valence electrons. The lowest BCUT2D eigenvalue weighted by molar-refractivity contribution is -0.140. The van der Waals surface area contributed by atoms with Gasteiger partial charge in [0.2, 0.25) is 0 Å². The minimum Gasteiger partial charge on any atom is -0.469 e. The molecule has 1 heterocycles. The van der Waals surface area contributed by atoms with Crippen molar-refractivity contribution in [2.24, 2.45) is 0 Å². The molecule has 1 aliphatic rings. The van der Waals surface area contributed by atoms with Crippen LogP contribution in [0.25, 0.3) is 0 Å². The van der Waals surface area contributed by atoms with Gasteiger partial charge in [-0.1, -0.05) is 40.0 Å². The molecular formula is C15H36O3Si3. The van der Waals surface area contributed by atoms with Gasteiger partial charge < -0.3 is 9.16 Å². The van der Waals surface area contributed by atoms with Crippen LogP contribution in [-0.2, 0) is 14.0 Å². The van der Waals surface area contributed by atoms with Gasteiger partial charge in [0.1, 0.15) is 0 Å². The Morgan fingerprint density at radius 3 is 1.86 bits per heavy atom. The highest BCUT2D eigenvalue weighted by Crippen LogP contribution is 2.49. The van der Waals surface area contributed by atoms with Gasteiger partial charge in [0, 0.05) is 14.0 Å². The average molecular weight is 349 g/mol. The van der Waals surface area contributed by atoms with E-state index in [0.29, 0.717) is 6.42 Å². The predicted octanol–water partition coefficient (Wildman–Crippen LogP) is 4.53. The maximum absolute atomic E-state index is 9.96. The third-order valence-corrected chi connectivity index (χ3v) is 47.9. The average Bonchev–Trinajstić information content (AvgIpc) is 2.34. The smallest absolute Gasteiger partial charge is 0.305 e. The van der Waals surface area contributed by atoms with Crippen molar-refractivity contribution in [3.8, 4) is 0 Å². The molecule has 0 aliphatic carbocycles. The van der Waals surface area contributed by atoms with Crippen LogP contribution in [0.3, 0.4) is 0 Å². The summed E-state index contributed by atoms with van der Waals surface area (Å²) in [6.45, 7) is 24.1.